The summed E-state index contributed by atoms with van der Waals surface area (Å²) >= 11 is 0. The molecule has 0 saturated carbocycles. The van der Waals surface area contributed by atoms with Crippen LogP contribution in [-0.2, 0) is 6.42 Å². The minimum Gasteiger partial charge on any atom is -0.264 e. The SMILES string of the molecule is C=C.CC.CCc1cccnc1. The molecule has 0 spiro atoms. The third-order valence-corrected chi connectivity index (χ3v) is 1.13. The lowest BCUT2D eigenvalue weighted by Gasteiger charge is -1.88. The Labute approximate surface area is 76.2 Å². The highest BCUT2D eigenvalue weighted by Gasteiger charge is 1.81. The van der Waals surface area contributed by atoms with Crippen LogP contribution < -0.4 is 0 Å². The van der Waals surface area contributed by atoms with E-state index in [2.05, 4.69) is 31.1 Å². The lowest BCUT2D eigenvalue weighted by molar-refractivity contribution is 1.10. The molecule has 0 saturated heterocycles. The third kappa shape index (κ3) is 7.00. The summed E-state index contributed by atoms with van der Waals surface area (Å²) in [6.45, 7) is 12.1. The van der Waals surface area contributed by atoms with Gasteiger partial charge in [-0.2, -0.15) is 0 Å². The van der Waals surface area contributed by atoms with E-state index in [1.165, 1.54) is 5.56 Å². The Bertz CT molecular complexity index is 158. The minimum atomic E-state index is 1.08. The fraction of sp³-hybridized carbons (Fsp3) is 0.364. The summed E-state index contributed by atoms with van der Waals surface area (Å²) in [6.07, 6.45) is 4.76. The van der Waals surface area contributed by atoms with E-state index in [0.29, 0.717) is 0 Å². The molecule has 1 heteroatoms. The van der Waals surface area contributed by atoms with Crippen LogP contribution in [0.2, 0.25) is 0 Å². The Hall–Kier alpha value is -1.11. The number of rotatable bonds is 1. The molecule has 0 aromatic carbocycles. The molecule has 0 aliphatic heterocycles. The first-order valence-corrected chi connectivity index (χ1v) is 4.32. The van der Waals surface area contributed by atoms with Gasteiger partial charge in [-0.05, 0) is 18.1 Å². The zero-order valence-corrected chi connectivity index (χ0v) is 8.38. The molecule has 1 nitrogen and oxygen atoms in total. The Kier molecular flexibility index (Phi) is 14.1. The van der Waals surface area contributed by atoms with Crippen LogP contribution in [0.25, 0.3) is 0 Å². The summed E-state index contributed by atoms with van der Waals surface area (Å²) in [7, 11) is 0. The Morgan fingerprint density at radius 2 is 1.92 bits per heavy atom. The van der Waals surface area contributed by atoms with Crippen LogP contribution in [-0.4, -0.2) is 4.98 Å². The molecule has 0 fully saturated rings. The molecule has 0 atom stereocenters. The van der Waals surface area contributed by atoms with Crippen molar-refractivity contribution in [3.63, 3.8) is 0 Å². The predicted molar refractivity (Wildman–Crippen MR) is 56.2 cm³/mol. The maximum absolute atomic E-state index is 3.96. The van der Waals surface area contributed by atoms with Crippen molar-refractivity contribution in [3.05, 3.63) is 43.2 Å². The van der Waals surface area contributed by atoms with Gasteiger partial charge in [0.2, 0.25) is 0 Å². The van der Waals surface area contributed by atoms with Crippen molar-refractivity contribution in [1.82, 2.24) is 4.98 Å². The molecule has 0 aliphatic rings. The smallest absolute Gasteiger partial charge is 0.0299 e. The van der Waals surface area contributed by atoms with Crippen molar-refractivity contribution in [2.45, 2.75) is 27.2 Å². The number of hydrogen-bond donors (Lipinski definition) is 0. The van der Waals surface area contributed by atoms with E-state index in [4.69, 9.17) is 0 Å². The second-order valence-corrected chi connectivity index (χ2v) is 1.71. The van der Waals surface area contributed by atoms with Crippen LogP contribution in [0.15, 0.2) is 37.7 Å². The van der Waals surface area contributed by atoms with Crippen molar-refractivity contribution in [2.75, 3.05) is 0 Å². The van der Waals surface area contributed by atoms with Gasteiger partial charge >= 0.3 is 0 Å². The number of pyridine rings is 1. The summed E-state index contributed by atoms with van der Waals surface area (Å²) in [6, 6.07) is 4.03. The maximum Gasteiger partial charge on any atom is 0.0299 e. The van der Waals surface area contributed by atoms with Crippen LogP contribution in [0.5, 0.6) is 0 Å². The number of aryl methyl sites for hydroxylation is 1. The van der Waals surface area contributed by atoms with Crippen LogP contribution in [0.1, 0.15) is 26.3 Å². The molecule has 1 rings (SSSR count). The van der Waals surface area contributed by atoms with Crippen molar-refractivity contribution in [2.24, 2.45) is 0 Å². The van der Waals surface area contributed by atoms with E-state index in [1.807, 2.05) is 26.1 Å². The average molecular weight is 165 g/mol. The summed E-state index contributed by atoms with van der Waals surface area (Å²) in [5, 5.41) is 0. The molecule has 1 heterocycles. The van der Waals surface area contributed by atoms with Gasteiger partial charge in [-0.1, -0.05) is 26.8 Å². The fourth-order valence-electron chi connectivity index (χ4n) is 0.607. The van der Waals surface area contributed by atoms with E-state index in [-0.39, 0.29) is 0 Å². The third-order valence-electron chi connectivity index (χ3n) is 1.13. The van der Waals surface area contributed by atoms with Crippen LogP contribution in [0, 0.1) is 0 Å². The van der Waals surface area contributed by atoms with Crippen molar-refractivity contribution in [3.8, 4) is 0 Å². The van der Waals surface area contributed by atoms with Crippen LogP contribution in [0.4, 0.5) is 0 Å². The van der Waals surface area contributed by atoms with Crippen LogP contribution >= 0.6 is 0 Å². The quantitative estimate of drug-likeness (QED) is 0.581. The molecule has 0 N–H and O–H groups in total. The number of nitrogens with zero attached hydrogens (tertiary/aromatic N) is 1. The Morgan fingerprint density at radius 3 is 2.17 bits per heavy atom. The molecule has 68 valence electrons. The van der Waals surface area contributed by atoms with Gasteiger partial charge in [0.25, 0.3) is 0 Å². The highest BCUT2D eigenvalue weighted by atomic mass is 14.6. The van der Waals surface area contributed by atoms with Gasteiger partial charge in [-0.25, -0.2) is 0 Å². The van der Waals surface area contributed by atoms with Gasteiger partial charge in [-0.3, -0.25) is 4.98 Å². The number of aromatic nitrogens is 1. The van der Waals surface area contributed by atoms with Crippen LogP contribution in [0.3, 0.4) is 0 Å². The van der Waals surface area contributed by atoms with Crippen molar-refractivity contribution >= 4 is 0 Å². The van der Waals surface area contributed by atoms with Crippen molar-refractivity contribution < 1.29 is 0 Å². The predicted octanol–water partition coefficient (Wildman–Crippen LogP) is 3.47. The second-order valence-electron chi connectivity index (χ2n) is 1.71. The highest BCUT2D eigenvalue weighted by molar-refractivity contribution is 5.07. The van der Waals surface area contributed by atoms with Gasteiger partial charge in [0.1, 0.15) is 0 Å². The van der Waals surface area contributed by atoms with E-state index >= 15 is 0 Å². The monoisotopic (exact) mass is 165 g/mol. The average Bonchev–Trinajstić information content (AvgIpc) is 2.25. The van der Waals surface area contributed by atoms with E-state index in [1.54, 1.807) is 6.20 Å². The van der Waals surface area contributed by atoms with Gasteiger partial charge in [0.05, 0.1) is 0 Å². The first-order valence-electron chi connectivity index (χ1n) is 4.32. The lowest BCUT2D eigenvalue weighted by Crippen LogP contribution is -1.77. The second kappa shape index (κ2) is 12.6. The van der Waals surface area contributed by atoms with Gasteiger partial charge in [0, 0.05) is 12.4 Å². The van der Waals surface area contributed by atoms with E-state index in [0.717, 1.165) is 6.42 Å². The summed E-state index contributed by atoms with van der Waals surface area (Å²) in [5.74, 6) is 0. The first kappa shape index (κ1) is 13.5. The standard InChI is InChI=1S/C7H9N.C2H6.C2H4/c1-2-7-4-3-5-8-6-7;2*1-2/h3-6H,2H2,1H3;1-2H3;1-2H2. The summed E-state index contributed by atoms with van der Waals surface area (Å²) in [4.78, 5) is 3.96. The zero-order valence-electron chi connectivity index (χ0n) is 8.38. The van der Waals surface area contributed by atoms with E-state index < -0.39 is 0 Å². The van der Waals surface area contributed by atoms with Gasteiger partial charge in [0.15, 0.2) is 0 Å². The molecule has 0 radical (unpaired) electrons. The maximum atomic E-state index is 3.96. The zero-order chi connectivity index (χ0) is 9.82. The normalized spacial score (nSPS) is 6.92. The molecule has 12 heavy (non-hydrogen) atoms. The van der Waals surface area contributed by atoms with Gasteiger partial charge < -0.3 is 0 Å². The highest BCUT2D eigenvalue weighted by Crippen LogP contribution is 1.93. The molecular weight excluding hydrogens is 146 g/mol. The Balaban J connectivity index is 0. The Morgan fingerprint density at radius 1 is 1.33 bits per heavy atom. The minimum absolute atomic E-state index is 1.08. The summed E-state index contributed by atoms with van der Waals surface area (Å²) in [5.41, 5.74) is 1.30. The van der Waals surface area contributed by atoms with Gasteiger partial charge in [-0.15, -0.1) is 13.2 Å². The molecule has 1 aromatic rings. The molecule has 0 unspecified atom stereocenters. The largest absolute Gasteiger partial charge is 0.264 e. The molecular formula is C11H19N. The van der Waals surface area contributed by atoms with Crippen molar-refractivity contribution in [1.29, 1.82) is 0 Å². The molecule has 0 amide bonds. The fourth-order valence-corrected chi connectivity index (χ4v) is 0.607. The first-order chi connectivity index (χ1) is 5.93. The number of hydrogen-bond acceptors (Lipinski definition) is 1. The summed E-state index contributed by atoms with van der Waals surface area (Å²) < 4.78 is 0. The van der Waals surface area contributed by atoms with E-state index in [9.17, 15) is 0 Å². The molecule has 1 aromatic heterocycles. The lowest BCUT2D eigenvalue weighted by atomic mass is 10.2. The molecule has 0 aliphatic carbocycles. The molecule has 0 bridgehead atoms. The topological polar surface area (TPSA) is 12.9 Å².